The molecule has 4 aromatic rings. The van der Waals surface area contributed by atoms with E-state index in [2.05, 4.69) is 33.9 Å². The molecule has 134 valence electrons. The molecule has 0 spiro atoms. The molecule has 27 heavy (non-hydrogen) atoms. The summed E-state index contributed by atoms with van der Waals surface area (Å²) in [4.78, 5) is 8.94. The highest BCUT2D eigenvalue weighted by atomic mass is 16.6. The molecule has 6 nitrogen and oxygen atoms in total. The third kappa shape index (κ3) is 2.85. The van der Waals surface area contributed by atoms with Crippen LogP contribution < -0.4 is 14.8 Å². The summed E-state index contributed by atoms with van der Waals surface area (Å²) in [5, 5.41) is 3.52. The molecular formula is C21H18N4O2. The standard InChI is InChI=1S/C21H18N4O2/c1-14-2-5-19-24-20(15-6-8-22-9-7-15)21(25(19)13-14)23-16-3-4-17-18(12-16)27-11-10-26-17/h2-9,12-13,23H,10-11H2,1H3. The second-order valence-electron chi connectivity index (χ2n) is 6.46. The smallest absolute Gasteiger partial charge is 0.163 e. The molecule has 0 radical (unpaired) electrons. The van der Waals surface area contributed by atoms with Crippen LogP contribution in [0, 0.1) is 6.92 Å². The Kier molecular flexibility index (Phi) is 3.67. The van der Waals surface area contributed by atoms with Gasteiger partial charge in [0.2, 0.25) is 0 Å². The van der Waals surface area contributed by atoms with Crippen LogP contribution in [0.15, 0.2) is 61.1 Å². The SMILES string of the molecule is Cc1ccc2nc(-c3ccncc3)c(Nc3ccc4c(c3)OCCO4)n2c1. The van der Waals surface area contributed by atoms with Crippen molar-refractivity contribution in [2.24, 2.45) is 0 Å². The van der Waals surface area contributed by atoms with Gasteiger partial charge < -0.3 is 14.8 Å². The van der Waals surface area contributed by atoms with Crippen LogP contribution in [0.5, 0.6) is 11.5 Å². The van der Waals surface area contributed by atoms with Crippen molar-refractivity contribution in [2.45, 2.75) is 6.92 Å². The van der Waals surface area contributed by atoms with Gasteiger partial charge in [-0.1, -0.05) is 6.07 Å². The van der Waals surface area contributed by atoms with Crippen molar-refractivity contribution in [2.75, 3.05) is 18.5 Å². The van der Waals surface area contributed by atoms with Gasteiger partial charge in [0.15, 0.2) is 11.5 Å². The normalized spacial score (nSPS) is 12.9. The molecule has 1 aliphatic heterocycles. The Morgan fingerprint density at radius 2 is 1.78 bits per heavy atom. The molecule has 1 N–H and O–H groups in total. The van der Waals surface area contributed by atoms with E-state index in [9.17, 15) is 0 Å². The molecular weight excluding hydrogens is 340 g/mol. The number of imidazole rings is 1. The number of rotatable bonds is 3. The summed E-state index contributed by atoms with van der Waals surface area (Å²) in [5.74, 6) is 2.42. The van der Waals surface area contributed by atoms with Gasteiger partial charge in [0.1, 0.15) is 30.4 Å². The van der Waals surface area contributed by atoms with E-state index in [0.29, 0.717) is 13.2 Å². The minimum Gasteiger partial charge on any atom is -0.486 e. The second kappa shape index (κ2) is 6.32. The van der Waals surface area contributed by atoms with Crippen molar-refractivity contribution in [3.05, 3.63) is 66.6 Å². The van der Waals surface area contributed by atoms with Crippen LogP contribution in [0.2, 0.25) is 0 Å². The van der Waals surface area contributed by atoms with Crippen molar-refractivity contribution < 1.29 is 9.47 Å². The monoisotopic (exact) mass is 358 g/mol. The molecule has 0 atom stereocenters. The maximum Gasteiger partial charge on any atom is 0.163 e. The van der Waals surface area contributed by atoms with Crippen molar-refractivity contribution in [3.8, 4) is 22.8 Å². The molecule has 5 rings (SSSR count). The Labute approximate surface area is 156 Å². The lowest BCUT2D eigenvalue weighted by atomic mass is 10.2. The third-order valence-electron chi connectivity index (χ3n) is 4.53. The van der Waals surface area contributed by atoms with Crippen LogP contribution in [0.4, 0.5) is 11.5 Å². The van der Waals surface area contributed by atoms with Gasteiger partial charge in [-0.2, -0.15) is 0 Å². The molecule has 6 heteroatoms. The van der Waals surface area contributed by atoms with Crippen LogP contribution in [-0.4, -0.2) is 27.6 Å². The molecule has 3 aromatic heterocycles. The highest BCUT2D eigenvalue weighted by Crippen LogP contribution is 2.36. The molecule has 0 saturated carbocycles. The predicted octanol–water partition coefficient (Wildman–Crippen LogP) is 4.22. The van der Waals surface area contributed by atoms with Gasteiger partial charge in [-0.15, -0.1) is 0 Å². The fourth-order valence-corrected chi connectivity index (χ4v) is 3.24. The summed E-state index contributed by atoms with van der Waals surface area (Å²) in [6.07, 6.45) is 5.63. The number of nitrogens with one attached hydrogen (secondary N) is 1. The van der Waals surface area contributed by atoms with E-state index < -0.39 is 0 Å². The zero-order valence-electron chi connectivity index (χ0n) is 14.8. The lowest BCUT2D eigenvalue weighted by Crippen LogP contribution is -2.15. The van der Waals surface area contributed by atoms with Gasteiger partial charge >= 0.3 is 0 Å². The number of anilines is 2. The number of ether oxygens (including phenoxy) is 2. The fraction of sp³-hybridized carbons (Fsp3) is 0.143. The van der Waals surface area contributed by atoms with E-state index in [4.69, 9.17) is 14.5 Å². The van der Waals surface area contributed by atoms with Crippen LogP contribution in [0.25, 0.3) is 16.9 Å². The number of pyridine rings is 2. The topological polar surface area (TPSA) is 60.7 Å². The summed E-state index contributed by atoms with van der Waals surface area (Å²) >= 11 is 0. The Balaban J connectivity index is 1.64. The average Bonchev–Trinajstić information content (AvgIpc) is 3.06. The first-order valence-corrected chi connectivity index (χ1v) is 8.84. The van der Waals surface area contributed by atoms with E-state index >= 15 is 0 Å². The van der Waals surface area contributed by atoms with Gasteiger partial charge in [-0.05, 0) is 42.8 Å². The number of benzene rings is 1. The minimum atomic E-state index is 0.563. The van der Waals surface area contributed by atoms with E-state index in [1.165, 1.54) is 0 Å². The highest BCUT2D eigenvalue weighted by molar-refractivity contribution is 5.80. The van der Waals surface area contributed by atoms with Crippen molar-refractivity contribution in [3.63, 3.8) is 0 Å². The van der Waals surface area contributed by atoms with Crippen molar-refractivity contribution in [1.29, 1.82) is 0 Å². The quantitative estimate of drug-likeness (QED) is 0.594. The van der Waals surface area contributed by atoms with Gasteiger partial charge in [0.25, 0.3) is 0 Å². The maximum atomic E-state index is 5.71. The van der Waals surface area contributed by atoms with Crippen LogP contribution in [-0.2, 0) is 0 Å². The summed E-state index contributed by atoms with van der Waals surface area (Å²) in [7, 11) is 0. The molecule has 0 bridgehead atoms. The third-order valence-corrected chi connectivity index (χ3v) is 4.53. The predicted molar refractivity (Wildman–Crippen MR) is 104 cm³/mol. The van der Waals surface area contributed by atoms with Crippen LogP contribution in [0.1, 0.15) is 5.56 Å². The highest BCUT2D eigenvalue weighted by Gasteiger charge is 2.17. The van der Waals surface area contributed by atoms with Crippen LogP contribution in [0.3, 0.4) is 0 Å². The molecule has 4 heterocycles. The van der Waals surface area contributed by atoms with Crippen LogP contribution >= 0.6 is 0 Å². The molecule has 0 saturated heterocycles. The van der Waals surface area contributed by atoms with E-state index in [0.717, 1.165) is 45.5 Å². The average molecular weight is 358 g/mol. The number of nitrogens with zero attached hydrogens (tertiary/aromatic N) is 3. The first-order valence-electron chi connectivity index (χ1n) is 8.84. The molecule has 0 aliphatic carbocycles. The second-order valence-corrected chi connectivity index (χ2v) is 6.46. The van der Waals surface area contributed by atoms with Crippen molar-refractivity contribution in [1.82, 2.24) is 14.4 Å². The van der Waals surface area contributed by atoms with Gasteiger partial charge in [0.05, 0.1) is 0 Å². The Bertz CT molecular complexity index is 1120. The summed E-state index contributed by atoms with van der Waals surface area (Å²) < 4.78 is 13.4. The van der Waals surface area contributed by atoms with Gasteiger partial charge in [-0.3, -0.25) is 9.38 Å². The molecule has 0 unspecified atom stereocenters. The minimum absolute atomic E-state index is 0.563. The van der Waals surface area contributed by atoms with E-state index in [-0.39, 0.29) is 0 Å². The van der Waals surface area contributed by atoms with Gasteiger partial charge in [-0.25, -0.2) is 4.98 Å². The number of hydrogen-bond donors (Lipinski definition) is 1. The maximum absolute atomic E-state index is 5.71. The largest absolute Gasteiger partial charge is 0.486 e. The summed E-state index contributed by atoms with van der Waals surface area (Å²) in [6.45, 7) is 3.21. The number of aryl methyl sites for hydroxylation is 1. The first-order chi connectivity index (χ1) is 13.3. The molecule has 0 amide bonds. The molecule has 0 fully saturated rings. The fourth-order valence-electron chi connectivity index (χ4n) is 3.24. The Morgan fingerprint density at radius 3 is 2.63 bits per heavy atom. The summed E-state index contributed by atoms with van der Waals surface area (Å²) in [5.41, 5.74) is 4.83. The van der Waals surface area contributed by atoms with Gasteiger partial charge in [0, 0.05) is 35.9 Å². The number of fused-ring (bicyclic) bond motifs is 2. The van der Waals surface area contributed by atoms with E-state index in [1.54, 1.807) is 12.4 Å². The lowest BCUT2D eigenvalue weighted by Gasteiger charge is -2.19. The lowest BCUT2D eigenvalue weighted by molar-refractivity contribution is 0.171. The molecule has 1 aliphatic rings. The summed E-state index contributed by atoms with van der Waals surface area (Å²) in [6, 6.07) is 13.9. The number of aromatic nitrogens is 3. The van der Waals surface area contributed by atoms with E-state index in [1.807, 2.05) is 36.4 Å². The zero-order chi connectivity index (χ0) is 18.2. The zero-order valence-corrected chi connectivity index (χ0v) is 14.8. The first kappa shape index (κ1) is 15.7. The molecule has 1 aromatic carbocycles. The van der Waals surface area contributed by atoms with Crippen molar-refractivity contribution >= 4 is 17.2 Å². The number of hydrogen-bond acceptors (Lipinski definition) is 5. The Morgan fingerprint density at radius 1 is 0.963 bits per heavy atom. The Hall–Kier alpha value is -3.54.